The van der Waals surface area contributed by atoms with E-state index in [0.717, 1.165) is 61.9 Å². The fourth-order valence-corrected chi connectivity index (χ4v) is 6.29. The molecule has 0 bridgehead atoms. The van der Waals surface area contributed by atoms with E-state index in [1.807, 2.05) is 47.4 Å². The molecular formula is C29H33Cl2N3O. The van der Waals surface area contributed by atoms with Crippen LogP contribution in [0.4, 0.5) is 0 Å². The van der Waals surface area contributed by atoms with Crippen LogP contribution in [0.3, 0.4) is 0 Å². The fourth-order valence-electron chi connectivity index (χ4n) is 5.97. The predicted octanol–water partition coefficient (Wildman–Crippen LogP) is 6.74. The van der Waals surface area contributed by atoms with Gasteiger partial charge in [-0.15, -0.1) is 0 Å². The van der Waals surface area contributed by atoms with Crippen LogP contribution in [0.25, 0.3) is 10.9 Å². The quantitative estimate of drug-likeness (QED) is 0.390. The van der Waals surface area contributed by atoms with Crippen LogP contribution in [0, 0.1) is 11.3 Å². The summed E-state index contributed by atoms with van der Waals surface area (Å²) in [6.07, 6.45) is 6.01. The van der Waals surface area contributed by atoms with E-state index in [1.165, 1.54) is 12.0 Å². The standard InChI is InChI=1S/C29H33Cl2N3O/c1-29(2)19-34(14-10-21(29)17-20-7-8-25(30)26(31)18-20)22-11-15-33(16-12-22)28(35)24-9-13-32-27-6-4-3-5-23(24)27/h3-9,13,18,21-22H,10-12,14-17,19H2,1-2H3. The van der Waals surface area contributed by atoms with E-state index in [2.05, 4.69) is 29.8 Å². The molecule has 35 heavy (non-hydrogen) atoms. The number of hydrogen-bond donors (Lipinski definition) is 0. The largest absolute Gasteiger partial charge is 0.339 e. The Morgan fingerprint density at radius 3 is 2.51 bits per heavy atom. The van der Waals surface area contributed by atoms with Gasteiger partial charge in [-0.05, 0) is 73.4 Å². The lowest BCUT2D eigenvalue weighted by Gasteiger charge is -2.49. The average Bonchev–Trinajstić information content (AvgIpc) is 2.86. The van der Waals surface area contributed by atoms with Gasteiger partial charge >= 0.3 is 0 Å². The van der Waals surface area contributed by atoms with Crippen molar-refractivity contribution in [2.75, 3.05) is 26.2 Å². The Hall–Kier alpha value is -2.14. The molecular weight excluding hydrogens is 477 g/mol. The molecule has 2 aromatic carbocycles. The normalized spacial score (nSPS) is 21.4. The van der Waals surface area contributed by atoms with Gasteiger partial charge < -0.3 is 4.90 Å². The highest BCUT2D eigenvalue weighted by atomic mass is 35.5. The molecule has 6 heteroatoms. The topological polar surface area (TPSA) is 36.4 Å². The van der Waals surface area contributed by atoms with Gasteiger partial charge in [-0.3, -0.25) is 14.7 Å². The number of nitrogens with zero attached hydrogens (tertiary/aromatic N) is 3. The maximum Gasteiger partial charge on any atom is 0.254 e. The van der Waals surface area contributed by atoms with E-state index in [1.54, 1.807) is 6.20 Å². The van der Waals surface area contributed by atoms with Gasteiger partial charge in [-0.25, -0.2) is 0 Å². The summed E-state index contributed by atoms with van der Waals surface area (Å²) >= 11 is 12.4. The summed E-state index contributed by atoms with van der Waals surface area (Å²) in [5.41, 5.74) is 3.12. The van der Waals surface area contributed by atoms with E-state index < -0.39 is 0 Å². The lowest BCUT2D eigenvalue weighted by atomic mass is 9.70. The lowest BCUT2D eigenvalue weighted by molar-refractivity contribution is 0.00814. The Labute approximate surface area is 218 Å². The number of hydrogen-bond acceptors (Lipinski definition) is 3. The van der Waals surface area contributed by atoms with Crippen molar-refractivity contribution < 1.29 is 4.79 Å². The third-order valence-corrected chi connectivity index (χ3v) is 8.83. The number of piperidine rings is 2. The Kier molecular flexibility index (Phi) is 7.07. The molecule has 3 aromatic rings. The Bertz CT molecular complexity index is 1210. The molecule has 3 heterocycles. The number of amides is 1. The van der Waals surface area contributed by atoms with Gasteiger partial charge in [-0.2, -0.15) is 0 Å². The van der Waals surface area contributed by atoms with Crippen LogP contribution in [-0.4, -0.2) is 52.9 Å². The number of carbonyl (C=O) groups excluding carboxylic acids is 1. The second-order valence-electron chi connectivity index (χ2n) is 10.8. The van der Waals surface area contributed by atoms with Gasteiger partial charge in [0.25, 0.3) is 5.91 Å². The lowest BCUT2D eigenvalue weighted by Crippen LogP contribution is -2.53. The third kappa shape index (κ3) is 5.21. The first-order chi connectivity index (χ1) is 16.8. The van der Waals surface area contributed by atoms with Crippen LogP contribution in [0.5, 0.6) is 0 Å². The third-order valence-electron chi connectivity index (χ3n) is 8.09. The van der Waals surface area contributed by atoms with Crippen LogP contribution in [0.15, 0.2) is 54.7 Å². The van der Waals surface area contributed by atoms with Gasteiger partial charge in [0.2, 0.25) is 0 Å². The number of para-hydroxylation sites is 1. The van der Waals surface area contributed by atoms with Crippen molar-refractivity contribution in [3.8, 4) is 0 Å². The number of pyridine rings is 1. The van der Waals surface area contributed by atoms with Crippen molar-refractivity contribution in [2.45, 2.75) is 45.6 Å². The molecule has 1 unspecified atom stereocenters. The van der Waals surface area contributed by atoms with Gasteiger partial charge in [0.15, 0.2) is 0 Å². The Balaban J connectivity index is 1.19. The summed E-state index contributed by atoms with van der Waals surface area (Å²) in [6, 6.07) is 16.3. The number of halogens is 2. The Morgan fingerprint density at radius 1 is 1.00 bits per heavy atom. The van der Waals surface area contributed by atoms with Crippen LogP contribution < -0.4 is 0 Å². The van der Waals surface area contributed by atoms with Crippen LogP contribution in [-0.2, 0) is 6.42 Å². The minimum absolute atomic E-state index is 0.128. The SMILES string of the molecule is CC1(C)CN(C2CCN(C(=O)c3ccnc4ccccc34)CC2)CCC1Cc1ccc(Cl)c(Cl)c1. The van der Waals surface area contributed by atoms with Crippen LogP contribution in [0.1, 0.15) is 49.0 Å². The molecule has 0 spiro atoms. The summed E-state index contributed by atoms with van der Waals surface area (Å²) in [5, 5.41) is 2.19. The van der Waals surface area contributed by atoms with E-state index >= 15 is 0 Å². The van der Waals surface area contributed by atoms with Gasteiger partial charge in [-0.1, -0.05) is 61.3 Å². The zero-order valence-electron chi connectivity index (χ0n) is 20.5. The molecule has 0 radical (unpaired) electrons. The number of fused-ring (bicyclic) bond motifs is 1. The minimum atomic E-state index is 0.128. The van der Waals surface area contributed by atoms with Gasteiger partial charge in [0.05, 0.1) is 21.1 Å². The number of aromatic nitrogens is 1. The minimum Gasteiger partial charge on any atom is -0.339 e. The summed E-state index contributed by atoms with van der Waals surface area (Å²) in [4.78, 5) is 22.4. The maximum absolute atomic E-state index is 13.3. The number of likely N-dealkylation sites (tertiary alicyclic amines) is 2. The van der Waals surface area contributed by atoms with Crippen molar-refractivity contribution in [1.82, 2.24) is 14.8 Å². The van der Waals surface area contributed by atoms with Crippen molar-refractivity contribution in [3.05, 3.63) is 75.9 Å². The number of benzene rings is 2. The maximum atomic E-state index is 13.3. The van der Waals surface area contributed by atoms with E-state index in [-0.39, 0.29) is 11.3 Å². The van der Waals surface area contributed by atoms with E-state index in [0.29, 0.717) is 22.0 Å². The van der Waals surface area contributed by atoms with E-state index in [9.17, 15) is 4.79 Å². The molecule has 2 fully saturated rings. The monoisotopic (exact) mass is 509 g/mol. The van der Waals surface area contributed by atoms with Crippen molar-refractivity contribution in [2.24, 2.45) is 11.3 Å². The molecule has 5 rings (SSSR count). The first-order valence-electron chi connectivity index (χ1n) is 12.6. The van der Waals surface area contributed by atoms with Gasteiger partial charge in [0.1, 0.15) is 0 Å². The highest BCUT2D eigenvalue weighted by Gasteiger charge is 2.39. The van der Waals surface area contributed by atoms with Crippen LogP contribution in [0.2, 0.25) is 10.0 Å². The first kappa shape index (κ1) is 24.5. The average molecular weight is 511 g/mol. The molecule has 0 saturated carbocycles. The molecule has 2 aliphatic rings. The molecule has 4 nitrogen and oxygen atoms in total. The number of rotatable bonds is 4. The van der Waals surface area contributed by atoms with Gasteiger partial charge in [0, 0.05) is 37.3 Å². The molecule has 1 amide bonds. The molecule has 2 aliphatic heterocycles. The zero-order valence-corrected chi connectivity index (χ0v) is 22.0. The van der Waals surface area contributed by atoms with E-state index in [4.69, 9.17) is 23.2 Å². The fraction of sp³-hybridized carbons (Fsp3) is 0.448. The Morgan fingerprint density at radius 2 is 1.77 bits per heavy atom. The number of carbonyl (C=O) groups is 1. The first-order valence-corrected chi connectivity index (χ1v) is 13.4. The highest BCUT2D eigenvalue weighted by molar-refractivity contribution is 6.42. The zero-order chi connectivity index (χ0) is 24.6. The highest BCUT2D eigenvalue weighted by Crippen LogP contribution is 2.39. The van der Waals surface area contributed by atoms with Crippen LogP contribution >= 0.6 is 23.2 Å². The molecule has 2 saturated heterocycles. The molecule has 0 aliphatic carbocycles. The molecule has 0 N–H and O–H groups in total. The summed E-state index contributed by atoms with van der Waals surface area (Å²) in [5.74, 6) is 0.736. The van der Waals surface area contributed by atoms with Crippen molar-refractivity contribution in [3.63, 3.8) is 0 Å². The molecule has 1 atom stereocenters. The smallest absolute Gasteiger partial charge is 0.254 e. The molecule has 1 aromatic heterocycles. The van der Waals surface area contributed by atoms with Crippen molar-refractivity contribution >= 4 is 40.0 Å². The summed E-state index contributed by atoms with van der Waals surface area (Å²) < 4.78 is 0. The second kappa shape index (κ2) is 10.1. The molecule has 184 valence electrons. The summed E-state index contributed by atoms with van der Waals surface area (Å²) in [7, 11) is 0. The second-order valence-corrected chi connectivity index (χ2v) is 11.6. The predicted molar refractivity (Wildman–Crippen MR) is 144 cm³/mol. The van der Waals surface area contributed by atoms with Crippen molar-refractivity contribution in [1.29, 1.82) is 0 Å². The summed E-state index contributed by atoms with van der Waals surface area (Å²) in [6.45, 7) is 8.62.